The highest BCUT2D eigenvalue weighted by molar-refractivity contribution is 9.12. The zero-order valence-electron chi connectivity index (χ0n) is 4.06. The van der Waals surface area contributed by atoms with E-state index in [1.54, 1.807) is 13.3 Å². The summed E-state index contributed by atoms with van der Waals surface area (Å²) in [6.07, 6.45) is 3.06. The Kier molecular flexibility index (Phi) is 3.69. The molecule has 0 aromatic rings. The van der Waals surface area contributed by atoms with Gasteiger partial charge in [0.25, 0.3) is 0 Å². The van der Waals surface area contributed by atoms with Crippen molar-refractivity contribution in [3.63, 3.8) is 0 Å². The summed E-state index contributed by atoms with van der Waals surface area (Å²) in [6.45, 7) is 0. The lowest BCUT2D eigenvalue weighted by Crippen LogP contribution is -1.81. The maximum Gasteiger partial charge on any atom is 0.0508 e. The number of aliphatic imine (C=N–C) groups is 1. The minimum atomic E-state index is 0.801. The third-order valence-electron chi connectivity index (χ3n) is 0.412. The summed E-state index contributed by atoms with van der Waals surface area (Å²) in [5.41, 5.74) is 5.06. The lowest BCUT2D eigenvalue weighted by atomic mass is 10.7. The van der Waals surface area contributed by atoms with E-state index in [2.05, 4.69) is 20.9 Å². The van der Waals surface area contributed by atoms with Crippen LogP contribution in [0.3, 0.4) is 0 Å². The first-order valence-corrected chi connectivity index (χ1v) is 2.60. The van der Waals surface area contributed by atoms with Gasteiger partial charge in [0.15, 0.2) is 0 Å². The Morgan fingerprint density at radius 3 is 2.57 bits per heavy atom. The number of hydrogen-bond donors (Lipinski definition) is 1. The van der Waals surface area contributed by atoms with Crippen molar-refractivity contribution in [2.75, 3.05) is 7.05 Å². The zero-order valence-corrected chi connectivity index (χ0v) is 5.64. The molecular formula is C4H7BrN2. The molecule has 3 heteroatoms. The van der Waals surface area contributed by atoms with Crippen LogP contribution >= 0.6 is 15.9 Å². The minimum Gasteiger partial charge on any atom is -0.404 e. The Bertz CT molecular complexity index is 95.9. The second kappa shape index (κ2) is 3.87. The molecule has 2 nitrogen and oxygen atoms in total. The van der Waals surface area contributed by atoms with E-state index in [1.165, 1.54) is 6.20 Å². The van der Waals surface area contributed by atoms with Gasteiger partial charge >= 0.3 is 0 Å². The van der Waals surface area contributed by atoms with Crippen molar-refractivity contribution in [3.8, 4) is 0 Å². The summed E-state index contributed by atoms with van der Waals surface area (Å²) in [5, 5.41) is 0. The van der Waals surface area contributed by atoms with Crippen LogP contribution in [0.1, 0.15) is 0 Å². The van der Waals surface area contributed by atoms with Gasteiger partial charge in [-0.15, -0.1) is 0 Å². The maximum absolute atomic E-state index is 5.06. The van der Waals surface area contributed by atoms with Crippen molar-refractivity contribution in [2.45, 2.75) is 0 Å². The Morgan fingerprint density at radius 1 is 1.86 bits per heavy atom. The van der Waals surface area contributed by atoms with E-state index in [-0.39, 0.29) is 0 Å². The molecule has 40 valence electrons. The third kappa shape index (κ3) is 3.52. The molecule has 0 rings (SSSR count). The lowest BCUT2D eigenvalue weighted by molar-refractivity contribution is 1.47. The maximum atomic E-state index is 5.06. The normalized spacial score (nSPS) is 13.1. The molecule has 0 spiro atoms. The third-order valence-corrected chi connectivity index (χ3v) is 0.881. The van der Waals surface area contributed by atoms with Crippen molar-refractivity contribution < 1.29 is 0 Å². The van der Waals surface area contributed by atoms with Crippen LogP contribution in [0.15, 0.2) is 15.7 Å². The van der Waals surface area contributed by atoms with Gasteiger partial charge in [-0.1, -0.05) is 0 Å². The minimum absolute atomic E-state index is 0.801. The van der Waals surface area contributed by atoms with Crippen molar-refractivity contribution >= 4 is 22.1 Å². The van der Waals surface area contributed by atoms with Crippen LogP contribution < -0.4 is 5.73 Å². The molecule has 7 heavy (non-hydrogen) atoms. The molecule has 0 bridgehead atoms. The Balaban J connectivity index is 3.58. The van der Waals surface area contributed by atoms with Crippen LogP contribution in [0.2, 0.25) is 0 Å². The molecule has 0 saturated carbocycles. The molecule has 2 N–H and O–H groups in total. The Hall–Kier alpha value is -0.310. The van der Waals surface area contributed by atoms with Gasteiger partial charge in [-0.2, -0.15) is 0 Å². The quantitative estimate of drug-likeness (QED) is 0.572. The topological polar surface area (TPSA) is 38.4 Å². The van der Waals surface area contributed by atoms with E-state index in [0.29, 0.717) is 0 Å². The highest BCUT2D eigenvalue weighted by Crippen LogP contribution is 1.95. The van der Waals surface area contributed by atoms with Gasteiger partial charge in [-0.25, -0.2) is 0 Å². The summed E-state index contributed by atoms with van der Waals surface area (Å²) >= 11 is 3.12. The number of hydrogen-bond acceptors (Lipinski definition) is 2. The van der Waals surface area contributed by atoms with E-state index < -0.39 is 0 Å². The van der Waals surface area contributed by atoms with Gasteiger partial charge in [0.2, 0.25) is 0 Å². The van der Waals surface area contributed by atoms with Crippen molar-refractivity contribution in [1.29, 1.82) is 0 Å². The van der Waals surface area contributed by atoms with E-state index >= 15 is 0 Å². The average Bonchev–Trinajstić information content (AvgIpc) is 1.68. The largest absolute Gasteiger partial charge is 0.404 e. The Morgan fingerprint density at radius 2 is 2.43 bits per heavy atom. The van der Waals surface area contributed by atoms with Crippen molar-refractivity contribution in [3.05, 3.63) is 10.7 Å². The predicted octanol–water partition coefficient (Wildman–Crippen LogP) is 0.882. The van der Waals surface area contributed by atoms with E-state index in [4.69, 9.17) is 5.73 Å². The van der Waals surface area contributed by atoms with Crippen LogP contribution in [0.4, 0.5) is 0 Å². The Labute approximate surface area is 51.2 Å². The molecule has 0 aliphatic rings. The molecule has 0 atom stereocenters. The second-order valence-electron chi connectivity index (χ2n) is 0.939. The molecule has 0 amide bonds. The van der Waals surface area contributed by atoms with E-state index in [9.17, 15) is 0 Å². The van der Waals surface area contributed by atoms with Gasteiger partial charge in [-0.3, -0.25) is 4.99 Å². The SMILES string of the molecule is CN=CC(Br)=CN. The standard InChI is InChI=1S/C4H7BrN2/c1-7-3-4(5)2-6/h2-3H,6H2,1H3. The number of nitrogens with two attached hydrogens (primary N) is 1. The molecule has 0 aliphatic heterocycles. The van der Waals surface area contributed by atoms with E-state index in [1.807, 2.05) is 0 Å². The highest BCUT2D eigenvalue weighted by atomic mass is 79.9. The van der Waals surface area contributed by atoms with Crippen molar-refractivity contribution in [2.24, 2.45) is 10.7 Å². The summed E-state index contributed by atoms with van der Waals surface area (Å²) in [5.74, 6) is 0. The molecular weight excluding hydrogens is 156 g/mol. The zero-order chi connectivity index (χ0) is 5.70. The summed E-state index contributed by atoms with van der Waals surface area (Å²) in [7, 11) is 1.69. The first-order valence-electron chi connectivity index (χ1n) is 1.81. The molecule has 0 aliphatic carbocycles. The molecule has 0 fully saturated rings. The fourth-order valence-corrected chi connectivity index (χ4v) is 0.371. The fourth-order valence-electron chi connectivity index (χ4n) is 0.166. The second-order valence-corrected chi connectivity index (χ2v) is 1.85. The predicted molar refractivity (Wildman–Crippen MR) is 35.6 cm³/mol. The number of rotatable bonds is 1. The average molecular weight is 163 g/mol. The molecule has 0 aromatic carbocycles. The van der Waals surface area contributed by atoms with Gasteiger partial charge < -0.3 is 5.73 Å². The first-order chi connectivity index (χ1) is 3.31. The summed E-state index contributed by atoms with van der Waals surface area (Å²) in [6, 6.07) is 0. The van der Waals surface area contributed by atoms with Gasteiger partial charge in [0.1, 0.15) is 0 Å². The molecule has 0 saturated heterocycles. The number of nitrogens with zero attached hydrogens (tertiary/aromatic N) is 1. The van der Waals surface area contributed by atoms with Crippen LogP contribution in [0.25, 0.3) is 0 Å². The van der Waals surface area contributed by atoms with Crippen LogP contribution in [0.5, 0.6) is 0 Å². The monoisotopic (exact) mass is 162 g/mol. The number of halogens is 1. The van der Waals surface area contributed by atoms with Crippen LogP contribution in [0, 0.1) is 0 Å². The van der Waals surface area contributed by atoms with E-state index in [0.717, 1.165) is 4.48 Å². The van der Waals surface area contributed by atoms with Gasteiger partial charge in [-0.05, 0) is 15.9 Å². The lowest BCUT2D eigenvalue weighted by Gasteiger charge is -1.78. The molecule has 0 aromatic heterocycles. The smallest absolute Gasteiger partial charge is 0.0508 e. The van der Waals surface area contributed by atoms with Crippen LogP contribution in [-0.2, 0) is 0 Å². The first kappa shape index (κ1) is 6.69. The molecule has 0 radical (unpaired) electrons. The van der Waals surface area contributed by atoms with Crippen LogP contribution in [-0.4, -0.2) is 13.3 Å². The summed E-state index contributed by atoms with van der Waals surface area (Å²) in [4.78, 5) is 3.69. The number of allylic oxidation sites excluding steroid dienone is 1. The van der Waals surface area contributed by atoms with Gasteiger partial charge in [0.05, 0.1) is 4.48 Å². The fraction of sp³-hybridized carbons (Fsp3) is 0.250. The molecule has 0 heterocycles. The summed E-state index contributed by atoms with van der Waals surface area (Å²) < 4.78 is 0.801. The van der Waals surface area contributed by atoms with Gasteiger partial charge in [0, 0.05) is 19.5 Å². The molecule has 0 unspecified atom stereocenters. The highest BCUT2D eigenvalue weighted by Gasteiger charge is 1.74. The van der Waals surface area contributed by atoms with Crippen molar-refractivity contribution in [1.82, 2.24) is 0 Å².